The molecule has 4 aromatic rings. The number of hydrogen-bond acceptors (Lipinski definition) is 5. The fraction of sp³-hybridized carbons (Fsp3) is 0.130. The molecule has 0 amide bonds. The minimum Gasteiger partial charge on any atom is -0.503 e. The van der Waals surface area contributed by atoms with E-state index >= 15 is 0 Å². The number of aromatic hydroxyl groups is 1. The lowest BCUT2D eigenvalue weighted by atomic mass is 10.1. The van der Waals surface area contributed by atoms with E-state index < -0.39 is 22.7 Å². The molecule has 31 heavy (non-hydrogen) atoms. The van der Waals surface area contributed by atoms with E-state index in [0.717, 1.165) is 6.07 Å². The van der Waals surface area contributed by atoms with Crippen molar-refractivity contribution in [1.29, 1.82) is 0 Å². The highest BCUT2D eigenvalue weighted by Crippen LogP contribution is 2.22. The molecule has 4 rings (SSSR count). The first-order valence-electron chi connectivity index (χ1n) is 9.34. The molecule has 0 aliphatic carbocycles. The molecule has 0 aliphatic rings. The van der Waals surface area contributed by atoms with Gasteiger partial charge in [-0.25, -0.2) is 13.6 Å². The van der Waals surface area contributed by atoms with E-state index in [1.54, 1.807) is 29.7 Å². The molecular weight excluding hydrogens is 408 g/mol. The van der Waals surface area contributed by atoms with E-state index in [0.29, 0.717) is 28.0 Å². The second-order valence-electron chi connectivity index (χ2n) is 7.07. The fourth-order valence-electron chi connectivity index (χ4n) is 3.21. The van der Waals surface area contributed by atoms with Gasteiger partial charge >= 0.3 is 5.63 Å². The second kappa shape index (κ2) is 8.06. The average molecular weight is 425 g/mol. The van der Waals surface area contributed by atoms with Crippen molar-refractivity contribution in [2.24, 2.45) is 0 Å². The van der Waals surface area contributed by atoms with Gasteiger partial charge in [-0.15, -0.1) is 0 Å². The Labute approximate surface area is 174 Å². The molecule has 158 valence electrons. The van der Waals surface area contributed by atoms with Gasteiger partial charge in [0.15, 0.2) is 5.75 Å². The molecule has 6 nitrogen and oxygen atoms in total. The third-order valence-electron chi connectivity index (χ3n) is 4.86. The Bertz CT molecular complexity index is 1390. The lowest BCUT2D eigenvalue weighted by Crippen LogP contribution is -2.15. The molecular formula is C23H17F2NO5. The van der Waals surface area contributed by atoms with Gasteiger partial charge in [-0.05, 0) is 42.8 Å². The molecule has 0 aliphatic heterocycles. The van der Waals surface area contributed by atoms with Gasteiger partial charge in [-0.2, -0.15) is 0 Å². The Morgan fingerprint density at radius 1 is 1.03 bits per heavy atom. The normalized spacial score (nSPS) is 11.1. The molecule has 0 bridgehead atoms. The Morgan fingerprint density at radius 3 is 2.52 bits per heavy atom. The summed E-state index contributed by atoms with van der Waals surface area (Å²) in [5.74, 6) is -1.38. The van der Waals surface area contributed by atoms with Crippen LogP contribution in [0.2, 0.25) is 0 Å². The van der Waals surface area contributed by atoms with Crippen LogP contribution in [-0.2, 0) is 13.2 Å². The highest BCUT2D eigenvalue weighted by Gasteiger charge is 2.11. The minimum atomic E-state index is -0.693. The van der Waals surface area contributed by atoms with Crippen LogP contribution in [-0.4, -0.2) is 9.67 Å². The predicted octanol–water partition coefficient (Wildman–Crippen LogP) is 3.87. The molecule has 0 saturated heterocycles. The van der Waals surface area contributed by atoms with E-state index in [-0.39, 0.29) is 24.5 Å². The van der Waals surface area contributed by atoms with Crippen LogP contribution in [0.3, 0.4) is 0 Å². The summed E-state index contributed by atoms with van der Waals surface area (Å²) >= 11 is 0. The molecule has 2 heterocycles. The first-order chi connectivity index (χ1) is 14.8. The number of nitrogens with zero attached hydrogens (tertiary/aromatic N) is 1. The number of fused-ring (bicyclic) bond motifs is 1. The molecule has 0 spiro atoms. The quantitative estimate of drug-likeness (QED) is 0.491. The number of aromatic nitrogens is 1. The largest absolute Gasteiger partial charge is 0.503 e. The number of hydrogen-bond donors (Lipinski definition) is 1. The van der Waals surface area contributed by atoms with Gasteiger partial charge in [0.25, 0.3) is 0 Å². The highest BCUT2D eigenvalue weighted by molar-refractivity contribution is 5.78. The maximum absolute atomic E-state index is 13.3. The van der Waals surface area contributed by atoms with Gasteiger partial charge in [0.05, 0.1) is 17.8 Å². The van der Waals surface area contributed by atoms with Crippen LogP contribution < -0.4 is 15.8 Å². The highest BCUT2D eigenvalue weighted by atomic mass is 19.1. The van der Waals surface area contributed by atoms with Gasteiger partial charge in [0.1, 0.15) is 29.6 Å². The molecule has 0 unspecified atom stereocenters. The lowest BCUT2D eigenvalue weighted by molar-refractivity contribution is 0.304. The predicted molar refractivity (Wildman–Crippen MR) is 109 cm³/mol. The average Bonchev–Trinajstić information content (AvgIpc) is 2.72. The molecule has 1 N–H and O–H groups in total. The third-order valence-corrected chi connectivity index (χ3v) is 4.86. The number of pyridine rings is 1. The van der Waals surface area contributed by atoms with Crippen LogP contribution in [0.25, 0.3) is 11.0 Å². The maximum Gasteiger partial charge on any atom is 0.341 e. The maximum atomic E-state index is 13.3. The molecule has 8 heteroatoms. The zero-order valence-corrected chi connectivity index (χ0v) is 16.4. The van der Waals surface area contributed by atoms with Crippen molar-refractivity contribution >= 4 is 11.0 Å². The van der Waals surface area contributed by atoms with E-state index in [4.69, 9.17) is 9.15 Å². The van der Waals surface area contributed by atoms with Crippen LogP contribution >= 0.6 is 0 Å². The Kier molecular flexibility index (Phi) is 5.29. The van der Waals surface area contributed by atoms with E-state index in [9.17, 15) is 23.5 Å². The summed E-state index contributed by atoms with van der Waals surface area (Å²) in [5, 5.41) is 10.5. The topological polar surface area (TPSA) is 81.7 Å². The van der Waals surface area contributed by atoms with Crippen LogP contribution in [0.15, 0.2) is 68.7 Å². The molecule has 0 saturated carbocycles. The zero-order chi connectivity index (χ0) is 22.1. The molecule has 2 aromatic heterocycles. The van der Waals surface area contributed by atoms with Gasteiger partial charge in [0.2, 0.25) is 5.43 Å². The molecule has 0 radical (unpaired) electrons. The summed E-state index contributed by atoms with van der Waals surface area (Å²) in [4.78, 5) is 23.9. The summed E-state index contributed by atoms with van der Waals surface area (Å²) in [6.07, 6.45) is 1.49. The molecule has 0 fully saturated rings. The zero-order valence-electron chi connectivity index (χ0n) is 16.4. The first kappa shape index (κ1) is 20.3. The van der Waals surface area contributed by atoms with Crippen molar-refractivity contribution in [1.82, 2.24) is 4.57 Å². The second-order valence-corrected chi connectivity index (χ2v) is 7.07. The van der Waals surface area contributed by atoms with Crippen molar-refractivity contribution in [3.05, 3.63) is 104 Å². The number of benzene rings is 2. The number of ether oxygens (including phenoxy) is 1. The van der Waals surface area contributed by atoms with Gasteiger partial charge in [-0.1, -0.05) is 0 Å². The van der Waals surface area contributed by atoms with Crippen molar-refractivity contribution in [3.63, 3.8) is 0 Å². The SMILES string of the molecule is Cc1c(O)c(=O)ccn1Cc1cc2ccc(OCc3cc(F)cc(F)c3)cc2oc1=O. The van der Waals surface area contributed by atoms with E-state index in [1.165, 1.54) is 30.5 Å². The first-order valence-corrected chi connectivity index (χ1v) is 9.34. The van der Waals surface area contributed by atoms with Crippen LogP contribution in [0.5, 0.6) is 11.5 Å². The summed E-state index contributed by atoms with van der Waals surface area (Å²) in [6.45, 7) is 1.63. The molecule has 0 atom stereocenters. The van der Waals surface area contributed by atoms with Gasteiger partial charge in [0, 0.05) is 29.8 Å². The lowest BCUT2D eigenvalue weighted by Gasteiger charge is -2.11. The summed E-state index contributed by atoms with van der Waals surface area (Å²) in [5.41, 5.74) is 0.222. The Morgan fingerprint density at radius 2 is 1.77 bits per heavy atom. The van der Waals surface area contributed by atoms with Crippen LogP contribution in [0, 0.1) is 18.6 Å². The Hall–Kier alpha value is -3.94. The minimum absolute atomic E-state index is 0.0579. The number of halogens is 2. The standard InChI is InChI=1S/C23H17F2NO5/c1-13-22(28)20(27)4-5-26(13)11-16-8-15-2-3-19(10-21(15)31-23(16)29)30-12-14-6-17(24)9-18(25)7-14/h2-10,28H,11-12H2,1H3. The fourth-order valence-corrected chi connectivity index (χ4v) is 3.21. The monoisotopic (exact) mass is 425 g/mol. The van der Waals surface area contributed by atoms with Gasteiger partial charge in [-0.3, -0.25) is 4.79 Å². The van der Waals surface area contributed by atoms with E-state index in [2.05, 4.69) is 0 Å². The third kappa shape index (κ3) is 4.32. The van der Waals surface area contributed by atoms with E-state index in [1.807, 2.05) is 0 Å². The number of rotatable bonds is 5. The smallest absolute Gasteiger partial charge is 0.341 e. The molecule has 2 aromatic carbocycles. The van der Waals surface area contributed by atoms with Crippen molar-refractivity contribution in [3.8, 4) is 11.5 Å². The van der Waals surface area contributed by atoms with Crippen molar-refractivity contribution < 1.29 is 23.0 Å². The van der Waals surface area contributed by atoms with Gasteiger partial charge < -0.3 is 18.8 Å². The van der Waals surface area contributed by atoms with Crippen LogP contribution in [0.1, 0.15) is 16.8 Å². The summed E-state index contributed by atoms with van der Waals surface area (Å²) < 4.78 is 39.1. The van der Waals surface area contributed by atoms with Crippen LogP contribution in [0.4, 0.5) is 8.78 Å². The Balaban J connectivity index is 1.58. The summed E-state index contributed by atoms with van der Waals surface area (Å²) in [6, 6.07) is 10.9. The van der Waals surface area contributed by atoms with Crippen molar-refractivity contribution in [2.45, 2.75) is 20.1 Å². The summed E-state index contributed by atoms with van der Waals surface area (Å²) in [7, 11) is 0. The van der Waals surface area contributed by atoms with Crippen molar-refractivity contribution in [2.75, 3.05) is 0 Å².